The number of benzene rings is 2. The van der Waals surface area contributed by atoms with E-state index in [1.165, 1.54) is 0 Å². The first-order chi connectivity index (χ1) is 17.5. The number of nitrogens with one attached hydrogen (secondary N) is 1. The highest BCUT2D eigenvalue weighted by Gasteiger charge is 2.25. The largest absolute Gasteiger partial charge is 0.496 e. The molecule has 4 aromatic rings. The molecule has 0 spiro atoms. The van der Waals surface area contributed by atoms with Gasteiger partial charge in [-0.15, -0.1) is 0 Å². The lowest BCUT2D eigenvalue weighted by Crippen LogP contribution is -2.37. The molecule has 2 aromatic heterocycles. The lowest BCUT2D eigenvalue weighted by atomic mass is 9.98. The van der Waals surface area contributed by atoms with Gasteiger partial charge < -0.3 is 24.5 Å². The van der Waals surface area contributed by atoms with Gasteiger partial charge in [-0.1, -0.05) is 36.4 Å². The number of hydrogen-bond donors (Lipinski definition) is 2. The maximum Gasteiger partial charge on any atom is 0.255 e. The number of likely N-dealkylation sites (N-methyl/N-ethyl adjacent to an activating group) is 1. The summed E-state index contributed by atoms with van der Waals surface area (Å²) in [5, 5.41) is 11.9. The number of carbonyl (C=O) groups is 1. The van der Waals surface area contributed by atoms with Gasteiger partial charge in [0.05, 0.1) is 7.11 Å². The van der Waals surface area contributed by atoms with E-state index in [4.69, 9.17) is 9.47 Å². The zero-order chi connectivity index (χ0) is 25.1. The number of hydrogen-bond acceptors (Lipinski definition) is 5. The Morgan fingerprint density at radius 1 is 1.14 bits per heavy atom. The van der Waals surface area contributed by atoms with E-state index in [2.05, 4.69) is 16.0 Å². The number of H-pyrrole nitrogens is 1. The summed E-state index contributed by atoms with van der Waals surface area (Å²) in [5.41, 5.74) is 5.10. The molecular weight excluding hydrogens is 454 g/mol. The van der Waals surface area contributed by atoms with Crippen molar-refractivity contribution in [1.29, 1.82) is 0 Å². The fraction of sp³-hybridized carbons (Fsp3) is 0.310. The predicted molar refractivity (Wildman–Crippen MR) is 140 cm³/mol. The Balaban J connectivity index is 1.41. The Morgan fingerprint density at radius 2 is 1.94 bits per heavy atom. The third kappa shape index (κ3) is 4.85. The molecule has 1 aliphatic rings. The van der Waals surface area contributed by atoms with Crippen molar-refractivity contribution in [2.24, 2.45) is 5.92 Å². The van der Waals surface area contributed by atoms with Crippen LogP contribution in [0.5, 0.6) is 5.75 Å². The highest BCUT2D eigenvalue weighted by atomic mass is 16.5. The van der Waals surface area contributed by atoms with Gasteiger partial charge in [-0.3, -0.25) is 4.79 Å². The molecule has 7 heteroatoms. The fourth-order valence-corrected chi connectivity index (χ4v) is 4.90. The maximum atomic E-state index is 13.0. The van der Waals surface area contributed by atoms with Crippen LogP contribution in [0.4, 0.5) is 0 Å². The lowest BCUT2D eigenvalue weighted by Gasteiger charge is -2.28. The van der Waals surface area contributed by atoms with Crippen LogP contribution in [0.15, 0.2) is 67.0 Å². The molecule has 36 heavy (non-hydrogen) atoms. The Labute approximate surface area is 210 Å². The van der Waals surface area contributed by atoms with Gasteiger partial charge in [-0.25, -0.2) is 4.98 Å². The SMILES string of the molecule is COc1ccccc1-c1c[nH]c2ncc(-c3cccc(C(O)C(=O)N(C)CC4CCOCC4)c3)cc12. The molecule has 1 amide bonds. The Kier molecular flexibility index (Phi) is 7.02. The van der Waals surface area contributed by atoms with Crippen molar-refractivity contribution in [3.05, 3.63) is 72.6 Å². The summed E-state index contributed by atoms with van der Waals surface area (Å²) in [4.78, 5) is 22.5. The number of carbonyl (C=O) groups excluding carboxylic acids is 1. The zero-order valence-electron chi connectivity index (χ0n) is 20.6. The molecule has 7 nitrogen and oxygen atoms in total. The molecule has 3 heterocycles. The maximum absolute atomic E-state index is 13.0. The number of aromatic nitrogens is 2. The minimum absolute atomic E-state index is 0.295. The molecule has 0 aliphatic carbocycles. The Bertz CT molecular complexity index is 1360. The molecule has 1 saturated heterocycles. The number of aliphatic hydroxyl groups excluding tert-OH is 1. The molecule has 0 radical (unpaired) electrons. The summed E-state index contributed by atoms with van der Waals surface area (Å²) in [5.74, 6) is 0.899. The number of aromatic amines is 1. The number of para-hydroxylation sites is 1. The van der Waals surface area contributed by atoms with Crippen LogP contribution in [0, 0.1) is 5.92 Å². The molecule has 5 rings (SSSR count). The third-order valence-electron chi connectivity index (χ3n) is 6.95. The highest BCUT2D eigenvalue weighted by molar-refractivity contribution is 5.97. The number of aliphatic hydroxyl groups is 1. The highest BCUT2D eigenvalue weighted by Crippen LogP contribution is 2.36. The van der Waals surface area contributed by atoms with E-state index in [1.807, 2.05) is 48.7 Å². The first-order valence-electron chi connectivity index (χ1n) is 12.3. The topological polar surface area (TPSA) is 87.7 Å². The van der Waals surface area contributed by atoms with Crippen LogP contribution in [-0.4, -0.2) is 59.8 Å². The molecule has 0 bridgehead atoms. The van der Waals surface area contributed by atoms with E-state index in [9.17, 15) is 9.90 Å². The normalized spacial score (nSPS) is 15.1. The smallest absolute Gasteiger partial charge is 0.255 e. The molecule has 1 unspecified atom stereocenters. The number of amides is 1. The fourth-order valence-electron chi connectivity index (χ4n) is 4.90. The Morgan fingerprint density at radius 3 is 2.75 bits per heavy atom. The number of methoxy groups -OCH3 is 1. The van der Waals surface area contributed by atoms with E-state index in [-0.39, 0.29) is 5.91 Å². The number of rotatable bonds is 7. The molecule has 1 fully saturated rings. The number of nitrogens with zero attached hydrogens (tertiary/aromatic N) is 2. The average Bonchev–Trinajstić information content (AvgIpc) is 3.36. The first kappa shape index (κ1) is 24.0. The van der Waals surface area contributed by atoms with Crippen molar-refractivity contribution in [2.75, 3.05) is 33.9 Å². The molecule has 0 saturated carbocycles. The summed E-state index contributed by atoms with van der Waals surface area (Å²) < 4.78 is 11.0. The van der Waals surface area contributed by atoms with Gasteiger partial charge in [-0.2, -0.15) is 0 Å². The second-order valence-corrected chi connectivity index (χ2v) is 9.33. The zero-order valence-corrected chi connectivity index (χ0v) is 20.6. The summed E-state index contributed by atoms with van der Waals surface area (Å²) in [7, 11) is 3.42. The van der Waals surface area contributed by atoms with Crippen molar-refractivity contribution >= 4 is 16.9 Å². The first-order valence-corrected chi connectivity index (χ1v) is 12.3. The molecule has 2 N–H and O–H groups in total. The minimum atomic E-state index is -1.22. The van der Waals surface area contributed by atoms with Crippen LogP contribution in [0.25, 0.3) is 33.3 Å². The molecule has 1 atom stereocenters. The molecule has 2 aromatic carbocycles. The van der Waals surface area contributed by atoms with Crippen LogP contribution >= 0.6 is 0 Å². The van der Waals surface area contributed by atoms with Crippen LogP contribution in [0.3, 0.4) is 0 Å². The van der Waals surface area contributed by atoms with Crippen molar-refractivity contribution < 1.29 is 19.4 Å². The average molecular weight is 486 g/mol. The Hall–Kier alpha value is -3.68. The van der Waals surface area contributed by atoms with Gasteiger partial charge >= 0.3 is 0 Å². The van der Waals surface area contributed by atoms with Gasteiger partial charge in [0.15, 0.2) is 6.10 Å². The standard InChI is InChI=1S/C29H31N3O4/c1-32(18-19-10-12-36-13-11-19)29(34)27(33)21-7-5-6-20(14-21)22-15-24-25(17-31-28(24)30-16-22)23-8-3-4-9-26(23)35-2/h3-9,14-17,19,27,33H,10-13,18H2,1-2H3,(H,30,31). The van der Waals surface area contributed by atoms with Crippen LogP contribution in [0.2, 0.25) is 0 Å². The van der Waals surface area contributed by atoms with E-state index in [0.717, 1.165) is 65.1 Å². The summed E-state index contributed by atoms with van der Waals surface area (Å²) >= 11 is 0. The van der Waals surface area contributed by atoms with Crippen molar-refractivity contribution in [1.82, 2.24) is 14.9 Å². The summed E-state index contributed by atoms with van der Waals surface area (Å²) in [6, 6.07) is 17.4. The number of fused-ring (bicyclic) bond motifs is 1. The minimum Gasteiger partial charge on any atom is -0.496 e. The second kappa shape index (κ2) is 10.5. The van der Waals surface area contributed by atoms with Gasteiger partial charge in [0.1, 0.15) is 11.4 Å². The van der Waals surface area contributed by atoms with Gasteiger partial charge in [-0.05, 0) is 48.1 Å². The monoisotopic (exact) mass is 485 g/mol. The van der Waals surface area contributed by atoms with Gasteiger partial charge in [0, 0.05) is 61.3 Å². The van der Waals surface area contributed by atoms with Crippen LogP contribution < -0.4 is 4.74 Å². The number of pyridine rings is 1. The number of ether oxygens (including phenoxy) is 2. The predicted octanol–water partition coefficient (Wildman–Crippen LogP) is 4.82. The molecule has 186 valence electrons. The van der Waals surface area contributed by atoms with Gasteiger partial charge in [0.25, 0.3) is 5.91 Å². The van der Waals surface area contributed by atoms with Gasteiger partial charge in [0.2, 0.25) is 0 Å². The van der Waals surface area contributed by atoms with Crippen molar-refractivity contribution in [2.45, 2.75) is 18.9 Å². The summed E-state index contributed by atoms with van der Waals surface area (Å²) in [6.45, 7) is 2.09. The van der Waals surface area contributed by atoms with Crippen molar-refractivity contribution in [3.8, 4) is 28.0 Å². The molecule has 1 aliphatic heterocycles. The van der Waals surface area contributed by atoms with E-state index >= 15 is 0 Å². The van der Waals surface area contributed by atoms with Crippen LogP contribution in [0.1, 0.15) is 24.5 Å². The van der Waals surface area contributed by atoms with Crippen LogP contribution in [-0.2, 0) is 9.53 Å². The van der Waals surface area contributed by atoms with E-state index in [0.29, 0.717) is 18.0 Å². The quantitative estimate of drug-likeness (QED) is 0.392. The lowest BCUT2D eigenvalue weighted by molar-refractivity contribution is -0.140. The van der Waals surface area contributed by atoms with E-state index < -0.39 is 6.10 Å². The van der Waals surface area contributed by atoms with E-state index in [1.54, 1.807) is 31.3 Å². The second-order valence-electron chi connectivity index (χ2n) is 9.33. The van der Waals surface area contributed by atoms with Crippen molar-refractivity contribution in [3.63, 3.8) is 0 Å². The summed E-state index contributed by atoms with van der Waals surface area (Å²) in [6.07, 6.45) is 4.40. The molecular formula is C29H31N3O4. The third-order valence-corrected chi connectivity index (χ3v) is 6.95.